The van der Waals surface area contributed by atoms with Crippen LogP contribution >= 0.6 is 11.6 Å². The van der Waals surface area contributed by atoms with Crippen LogP contribution < -0.4 is 4.72 Å². The van der Waals surface area contributed by atoms with Gasteiger partial charge in [0.25, 0.3) is 0 Å². The van der Waals surface area contributed by atoms with Crippen LogP contribution in [0.3, 0.4) is 0 Å². The van der Waals surface area contributed by atoms with Crippen LogP contribution in [-0.4, -0.2) is 43.7 Å². The molecule has 1 fully saturated rings. The van der Waals surface area contributed by atoms with Crippen molar-refractivity contribution >= 4 is 27.5 Å². The Labute approximate surface area is 184 Å². The van der Waals surface area contributed by atoms with Gasteiger partial charge in [-0.15, -0.1) is 11.6 Å². The van der Waals surface area contributed by atoms with Crippen molar-refractivity contribution in [3.8, 4) is 0 Å². The fourth-order valence-electron chi connectivity index (χ4n) is 3.72. The third kappa shape index (κ3) is 5.84. The summed E-state index contributed by atoms with van der Waals surface area (Å²) in [6.07, 6.45) is 2.21. The number of sulfonamides is 1. The van der Waals surface area contributed by atoms with Gasteiger partial charge in [0.15, 0.2) is 0 Å². The first kappa shape index (κ1) is 22.8. The van der Waals surface area contributed by atoms with E-state index in [2.05, 4.69) is 11.6 Å². The summed E-state index contributed by atoms with van der Waals surface area (Å²) in [6, 6.07) is 14.9. The summed E-state index contributed by atoms with van der Waals surface area (Å²) in [5, 5.41) is -0.711. The van der Waals surface area contributed by atoms with Gasteiger partial charge in [-0.1, -0.05) is 55.0 Å². The van der Waals surface area contributed by atoms with Gasteiger partial charge in [-0.3, -0.25) is 4.79 Å². The van der Waals surface area contributed by atoms with Crippen molar-refractivity contribution in [1.29, 1.82) is 0 Å². The van der Waals surface area contributed by atoms with Crippen molar-refractivity contribution < 1.29 is 13.2 Å². The Morgan fingerprint density at radius 1 is 1.13 bits per heavy atom. The maximum atomic E-state index is 13.3. The Hall–Kier alpha value is -1.89. The summed E-state index contributed by atoms with van der Waals surface area (Å²) in [5.41, 5.74) is 2.06. The monoisotopic (exact) mass is 448 g/mol. The molecular weight excluding hydrogens is 420 g/mol. The topological polar surface area (TPSA) is 66.5 Å². The van der Waals surface area contributed by atoms with Crippen molar-refractivity contribution in [3.05, 3.63) is 65.7 Å². The molecule has 30 heavy (non-hydrogen) atoms. The van der Waals surface area contributed by atoms with E-state index in [9.17, 15) is 13.2 Å². The van der Waals surface area contributed by atoms with E-state index in [-0.39, 0.29) is 10.8 Å². The minimum atomic E-state index is -3.88. The Bertz CT molecular complexity index is 957. The largest absolute Gasteiger partial charge is 0.341 e. The number of alkyl halides is 1. The molecule has 1 heterocycles. The lowest BCUT2D eigenvalue weighted by atomic mass is 9.97. The van der Waals surface area contributed by atoms with Gasteiger partial charge in [0.05, 0.1) is 10.3 Å². The second kappa shape index (κ2) is 9.94. The summed E-state index contributed by atoms with van der Waals surface area (Å²) < 4.78 is 28.5. The zero-order valence-corrected chi connectivity index (χ0v) is 19.0. The number of nitrogens with one attached hydrogen (secondary N) is 1. The predicted molar refractivity (Wildman–Crippen MR) is 120 cm³/mol. The van der Waals surface area contributed by atoms with E-state index in [1.54, 1.807) is 23.1 Å². The van der Waals surface area contributed by atoms with Crippen LogP contribution in [-0.2, 0) is 21.2 Å². The van der Waals surface area contributed by atoms with E-state index in [0.29, 0.717) is 25.4 Å². The van der Waals surface area contributed by atoms with Crippen LogP contribution in [0.2, 0.25) is 0 Å². The molecule has 1 aliphatic rings. The van der Waals surface area contributed by atoms with E-state index in [1.807, 2.05) is 31.2 Å². The predicted octanol–water partition coefficient (Wildman–Crippen LogP) is 3.75. The summed E-state index contributed by atoms with van der Waals surface area (Å²) in [5.74, 6) is 0.307. The van der Waals surface area contributed by atoms with Crippen molar-refractivity contribution in [3.63, 3.8) is 0 Å². The van der Waals surface area contributed by atoms with E-state index < -0.39 is 21.4 Å². The number of carbonyl (C=O) groups is 1. The molecule has 0 spiro atoms. The molecule has 0 bridgehead atoms. The second-order valence-corrected chi connectivity index (χ2v) is 10.4. The highest BCUT2D eigenvalue weighted by Gasteiger charge is 2.35. The molecule has 2 unspecified atom stereocenters. The van der Waals surface area contributed by atoms with Gasteiger partial charge in [-0.2, -0.15) is 4.72 Å². The molecule has 2 atom stereocenters. The lowest BCUT2D eigenvalue weighted by Crippen LogP contribution is -2.54. The Morgan fingerprint density at radius 2 is 1.80 bits per heavy atom. The lowest BCUT2D eigenvalue weighted by Gasteiger charge is -2.34. The van der Waals surface area contributed by atoms with Crippen molar-refractivity contribution in [2.75, 3.05) is 13.1 Å². The van der Waals surface area contributed by atoms with Crippen molar-refractivity contribution in [2.24, 2.45) is 5.92 Å². The molecule has 162 valence electrons. The van der Waals surface area contributed by atoms with E-state index in [1.165, 1.54) is 12.1 Å². The minimum Gasteiger partial charge on any atom is -0.341 e. The van der Waals surface area contributed by atoms with E-state index >= 15 is 0 Å². The fraction of sp³-hybridized carbons (Fsp3) is 0.435. The summed E-state index contributed by atoms with van der Waals surface area (Å²) in [7, 11) is -3.88. The summed E-state index contributed by atoms with van der Waals surface area (Å²) >= 11 is 6.70. The molecule has 1 saturated heterocycles. The van der Waals surface area contributed by atoms with Crippen LogP contribution in [0, 0.1) is 12.8 Å². The van der Waals surface area contributed by atoms with Crippen LogP contribution in [0.25, 0.3) is 0 Å². The average molecular weight is 449 g/mol. The first-order chi connectivity index (χ1) is 14.3. The molecule has 0 saturated carbocycles. The molecule has 1 N–H and O–H groups in total. The van der Waals surface area contributed by atoms with Gasteiger partial charge in [-0.05, 0) is 49.8 Å². The third-order valence-corrected chi connectivity index (χ3v) is 7.44. The normalized spacial score (nSPS) is 17.5. The zero-order chi connectivity index (χ0) is 21.7. The van der Waals surface area contributed by atoms with Crippen LogP contribution in [0.1, 0.15) is 30.9 Å². The molecule has 1 aliphatic heterocycles. The van der Waals surface area contributed by atoms with Crippen LogP contribution in [0.4, 0.5) is 0 Å². The van der Waals surface area contributed by atoms with E-state index in [0.717, 1.165) is 24.0 Å². The number of benzene rings is 2. The number of halogens is 1. The first-order valence-corrected chi connectivity index (χ1v) is 12.2. The molecule has 3 rings (SSSR count). The number of rotatable bonds is 7. The Morgan fingerprint density at radius 3 is 2.43 bits per heavy atom. The highest BCUT2D eigenvalue weighted by Crippen LogP contribution is 2.21. The fourth-order valence-corrected chi connectivity index (χ4v) is 5.40. The quantitative estimate of drug-likeness (QED) is 0.656. The first-order valence-electron chi connectivity index (χ1n) is 10.3. The van der Waals surface area contributed by atoms with Gasteiger partial charge in [-0.25, -0.2) is 8.42 Å². The summed E-state index contributed by atoms with van der Waals surface area (Å²) in [4.78, 5) is 15.2. The van der Waals surface area contributed by atoms with Crippen LogP contribution in [0.5, 0.6) is 0 Å². The summed E-state index contributed by atoms with van der Waals surface area (Å²) in [6.45, 7) is 5.40. The molecule has 0 aliphatic carbocycles. The Balaban J connectivity index is 1.84. The minimum absolute atomic E-state index is 0.120. The molecule has 2 aromatic rings. The zero-order valence-electron chi connectivity index (χ0n) is 17.4. The number of nitrogens with zero attached hydrogens (tertiary/aromatic N) is 1. The molecule has 5 nitrogen and oxygen atoms in total. The number of hydrogen-bond donors (Lipinski definition) is 1. The van der Waals surface area contributed by atoms with Gasteiger partial charge >= 0.3 is 0 Å². The van der Waals surface area contributed by atoms with Gasteiger partial charge < -0.3 is 4.90 Å². The lowest BCUT2D eigenvalue weighted by molar-refractivity contribution is -0.134. The van der Waals surface area contributed by atoms with Gasteiger partial charge in [0.2, 0.25) is 15.9 Å². The number of likely N-dealkylation sites (tertiary alicyclic amines) is 1. The number of piperidine rings is 1. The molecule has 7 heteroatoms. The maximum Gasteiger partial charge on any atom is 0.242 e. The molecular formula is C23H29ClN2O3S. The second-order valence-electron chi connectivity index (χ2n) is 8.13. The van der Waals surface area contributed by atoms with Gasteiger partial charge in [0.1, 0.15) is 6.04 Å². The van der Waals surface area contributed by atoms with E-state index in [4.69, 9.17) is 11.6 Å². The maximum absolute atomic E-state index is 13.3. The average Bonchev–Trinajstić information content (AvgIpc) is 2.73. The van der Waals surface area contributed by atoms with Crippen molar-refractivity contribution in [1.82, 2.24) is 9.62 Å². The van der Waals surface area contributed by atoms with Crippen molar-refractivity contribution in [2.45, 2.75) is 49.4 Å². The molecule has 0 aromatic heterocycles. The number of carbonyl (C=O) groups excluding carboxylic acids is 1. The standard InChI is InChI=1S/C23H29ClN2O3S/c1-17-11-13-26(14-12-17)23(27)22(21(24)16-19-8-6-7-18(2)15-19)25-30(28,29)20-9-4-3-5-10-20/h3-10,15,17,21-22,25H,11-14,16H2,1-2H3. The molecule has 1 amide bonds. The smallest absolute Gasteiger partial charge is 0.242 e. The Kier molecular flexibility index (Phi) is 7.55. The number of hydrogen-bond acceptors (Lipinski definition) is 3. The van der Waals surface area contributed by atoms with Crippen LogP contribution in [0.15, 0.2) is 59.5 Å². The number of amides is 1. The highest BCUT2D eigenvalue weighted by atomic mass is 35.5. The molecule has 0 radical (unpaired) electrons. The molecule has 2 aromatic carbocycles. The third-order valence-electron chi connectivity index (χ3n) is 5.57. The SMILES string of the molecule is Cc1cccc(CC(Cl)C(NS(=O)(=O)c2ccccc2)C(=O)N2CCC(C)CC2)c1. The number of aryl methyl sites for hydroxylation is 1. The van der Waals surface area contributed by atoms with Gasteiger partial charge in [0, 0.05) is 13.1 Å². The highest BCUT2D eigenvalue weighted by molar-refractivity contribution is 7.89.